The normalized spacial score (nSPS) is 17.4. The molecule has 2 aromatic rings. The Bertz CT molecular complexity index is 686. The molecule has 5 nitrogen and oxygen atoms in total. The summed E-state index contributed by atoms with van der Waals surface area (Å²) in [6.07, 6.45) is 3.95. The molecule has 1 aromatic carbocycles. The molecule has 1 amide bonds. The number of nitrogens with one attached hydrogen (secondary N) is 2. The average Bonchev–Trinajstić information content (AvgIpc) is 3.02. The topological polar surface area (TPSA) is 59.0 Å². The van der Waals surface area contributed by atoms with Crippen LogP contribution in [0.5, 0.6) is 0 Å². The Hall–Kier alpha value is -1.63. The highest BCUT2D eigenvalue weighted by Crippen LogP contribution is 2.20. The lowest BCUT2D eigenvalue weighted by atomic mass is 10.1. The fourth-order valence-corrected chi connectivity index (χ4v) is 2.67. The van der Waals surface area contributed by atoms with E-state index in [1.807, 2.05) is 10.9 Å². The number of nitrogens with zero attached hydrogens (tertiary/aromatic N) is 2. The van der Waals surface area contributed by atoms with Gasteiger partial charge in [-0.25, -0.2) is 4.39 Å². The van der Waals surface area contributed by atoms with Crippen LogP contribution in [0.15, 0.2) is 30.5 Å². The van der Waals surface area contributed by atoms with Gasteiger partial charge in [-0.05, 0) is 43.7 Å². The maximum absolute atomic E-state index is 13.1. The highest BCUT2D eigenvalue weighted by molar-refractivity contribution is 6.31. The van der Waals surface area contributed by atoms with Crippen LogP contribution in [0.25, 0.3) is 0 Å². The fraction of sp³-hybridized carbons (Fsp3) is 0.333. The molecule has 1 saturated heterocycles. The van der Waals surface area contributed by atoms with E-state index < -0.39 is 5.82 Å². The molecule has 8 heteroatoms. The number of hydrogen-bond donors (Lipinski definition) is 2. The molecule has 1 unspecified atom stereocenters. The first-order chi connectivity index (χ1) is 10.6. The molecule has 0 spiro atoms. The summed E-state index contributed by atoms with van der Waals surface area (Å²) in [6.45, 7) is 1.88. The Labute approximate surface area is 144 Å². The summed E-state index contributed by atoms with van der Waals surface area (Å²) < 4.78 is 14.9. The third kappa shape index (κ3) is 4.22. The van der Waals surface area contributed by atoms with Gasteiger partial charge in [-0.1, -0.05) is 11.6 Å². The van der Waals surface area contributed by atoms with Gasteiger partial charge in [0.05, 0.1) is 11.1 Å². The Morgan fingerprint density at radius 2 is 2.26 bits per heavy atom. The second-order valence-corrected chi connectivity index (χ2v) is 5.67. The number of aromatic nitrogens is 2. The van der Waals surface area contributed by atoms with Crippen molar-refractivity contribution in [2.45, 2.75) is 18.9 Å². The summed E-state index contributed by atoms with van der Waals surface area (Å²) in [6, 6.07) is 5.99. The average molecular weight is 359 g/mol. The van der Waals surface area contributed by atoms with Gasteiger partial charge in [0.2, 0.25) is 0 Å². The minimum Gasteiger partial charge on any atom is -0.321 e. The van der Waals surface area contributed by atoms with Crippen LogP contribution in [0.3, 0.4) is 0 Å². The first kappa shape index (κ1) is 17.7. The number of halogens is 3. The van der Waals surface area contributed by atoms with E-state index in [1.165, 1.54) is 18.2 Å². The second-order valence-electron chi connectivity index (χ2n) is 5.26. The molecule has 1 aliphatic rings. The zero-order valence-electron chi connectivity index (χ0n) is 12.3. The van der Waals surface area contributed by atoms with Crippen molar-refractivity contribution in [2.24, 2.45) is 0 Å². The zero-order chi connectivity index (χ0) is 15.5. The van der Waals surface area contributed by atoms with Crippen LogP contribution >= 0.6 is 24.0 Å². The SMILES string of the molecule is Cl.O=C(Nc1ccc(F)c(Cl)c1)c1ccn(C2CCCNC2)n1. The molecule has 124 valence electrons. The molecule has 1 fully saturated rings. The number of benzene rings is 1. The minimum atomic E-state index is -0.520. The summed E-state index contributed by atoms with van der Waals surface area (Å²) >= 11 is 5.70. The third-order valence-corrected chi connectivity index (χ3v) is 3.95. The number of carbonyl (C=O) groups is 1. The van der Waals surface area contributed by atoms with Crippen LogP contribution in [0, 0.1) is 5.82 Å². The maximum Gasteiger partial charge on any atom is 0.276 e. The van der Waals surface area contributed by atoms with E-state index in [0.29, 0.717) is 11.4 Å². The maximum atomic E-state index is 13.1. The van der Waals surface area contributed by atoms with Crippen molar-refractivity contribution in [3.63, 3.8) is 0 Å². The van der Waals surface area contributed by atoms with Crippen molar-refractivity contribution in [1.82, 2.24) is 15.1 Å². The summed E-state index contributed by atoms with van der Waals surface area (Å²) in [5.41, 5.74) is 0.760. The van der Waals surface area contributed by atoms with Gasteiger partial charge in [-0.3, -0.25) is 9.48 Å². The first-order valence-electron chi connectivity index (χ1n) is 7.16. The van der Waals surface area contributed by atoms with E-state index in [0.717, 1.165) is 25.9 Å². The smallest absolute Gasteiger partial charge is 0.276 e. The Balaban J connectivity index is 0.00000192. The number of carbonyl (C=O) groups excluding carboxylic acids is 1. The van der Waals surface area contributed by atoms with Crippen LogP contribution in [-0.2, 0) is 0 Å². The molecule has 0 bridgehead atoms. The fourth-order valence-electron chi connectivity index (χ4n) is 2.49. The molecule has 23 heavy (non-hydrogen) atoms. The van der Waals surface area contributed by atoms with Crippen LogP contribution < -0.4 is 10.6 Å². The number of rotatable bonds is 3. The summed E-state index contributed by atoms with van der Waals surface area (Å²) in [7, 11) is 0. The van der Waals surface area contributed by atoms with E-state index in [1.54, 1.807) is 6.07 Å². The largest absolute Gasteiger partial charge is 0.321 e. The second kappa shape index (κ2) is 7.77. The van der Waals surface area contributed by atoms with Crippen LogP contribution in [-0.4, -0.2) is 28.8 Å². The molecule has 3 rings (SSSR count). The van der Waals surface area contributed by atoms with Crippen LogP contribution in [0.2, 0.25) is 5.02 Å². The first-order valence-corrected chi connectivity index (χ1v) is 7.53. The molecule has 2 N–H and O–H groups in total. The van der Waals surface area contributed by atoms with E-state index in [2.05, 4.69) is 15.7 Å². The summed E-state index contributed by atoms with van der Waals surface area (Å²) in [5, 5.41) is 10.3. The predicted molar refractivity (Wildman–Crippen MR) is 90.0 cm³/mol. The Morgan fingerprint density at radius 3 is 2.96 bits per heavy atom. The molecule has 2 heterocycles. The summed E-state index contributed by atoms with van der Waals surface area (Å²) in [5.74, 6) is -0.862. The monoisotopic (exact) mass is 358 g/mol. The molecule has 0 radical (unpaired) electrons. The standard InChI is InChI=1S/C15H16ClFN4O.ClH/c16-12-8-10(3-4-13(12)17)19-15(22)14-5-7-21(20-14)11-2-1-6-18-9-11;/h3-5,7-8,11,18H,1-2,6,9H2,(H,19,22);1H. The van der Waals surface area contributed by atoms with Crippen LogP contribution in [0.4, 0.5) is 10.1 Å². The lowest BCUT2D eigenvalue weighted by Crippen LogP contribution is -2.32. The van der Waals surface area contributed by atoms with Gasteiger partial charge in [0.1, 0.15) is 5.82 Å². The van der Waals surface area contributed by atoms with Crippen molar-refractivity contribution >= 4 is 35.6 Å². The highest BCUT2D eigenvalue weighted by atomic mass is 35.5. The molecular weight excluding hydrogens is 342 g/mol. The van der Waals surface area contributed by atoms with Crippen molar-refractivity contribution in [1.29, 1.82) is 0 Å². The quantitative estimate of drug-likeness (QED) is 0.884. The molecule has 1 aromatic heterocycles. The Kier molecular flexibility index (Phi) is 5.98. The highest BCUT2D eigenvalue weighted by Gasteiger charge is 2.17. The number of piperidine rings is 1. The van der Waals surface area contributed by atoms with E-state index in [4.69, 9.17) is 11.6 Å². The van der Waals surface area contributed by atoms with Crippen molar-refractivity contribution in [2.75, 3.05) is 18.4 Å². The van der Waals surface area contributed by atoms with Gasteiger partial charge in [0, 0.05) is 18.4 Å². The van der Waals surface area contributed by atoms with E-state index >= 15 is 0 Å². The molecule has 1 atom stereocenters. The number of amides is 1. The van der Waals surface area contributed by atoms with Gasteiger partial charge in [0.25, 0.3) is 5.91 Å². The minimum absolute atomic E-state index is 0. The number of anilines is 1. The van der Waals surface area contributed by atoms with Gasteiger partial charge in [0.15, 0.2) is 5.69 Å². The van der Waals surface area contributed by atoms with Crippen LogP contribution in [0.1, 0.15) is 29.4 Å². The molecule has 1 aliphatic heterocycles. The van der Waals surface area contributed by atoms with E-state index in [9.17, 15) is 9.18 Å². The summed E-state index contributed by atoms with van der Waals surface area (Å²) in [4.78, 5) is 12.2. The van der Waals surface area contributed by atoms with Gasteiger partial charge in [-0.2, -0.15) is 5.10 Å². The molecule has 0 aliphatic carbocycles. The van der Waals surface area contributed by atoms with Gasteiger partial charge >= 0.3 is 0 Å². The lowest BCUT2D eigenvalue weighted by Gasteiger charge is -2.22. The van der Waals surface area contributed by atoms with E-state index in [-0.39, 0.29) is 29.4 Å². The predicted octanol–water partition coefficient (Wildman–Crippen LogP) is 3.27. The number of hydrogen-bond acceptors (Lipinski definition) is 3. The Morgan fingerprint density at radius 1 is 1.43 bits per heavy atom. The lowest BCUT2D eigenvalue weighted by molar-refractivity contribution is 0.102. The van der Waals surface area contributed by atoms with Crippen molar-refractivity contribution < 1.29 is 9.18 Å². The van der Waals surface area contributed by atoms with Crippen molar-refractivity contribution in [3.8, 4) is 0 Å². The van der Waals surface area contributed by atoms with Gasteiger partial charge in [-0.15, -0.1) is 12.4 Å². The van der Waals surface area contributed by atoms with Crippen molar-refractivity contribution in [3.05, 3.63) is 47.0 Å². The molecule has 0 saturated carbocycles. The van der Waals surface area contributed by atoms with Gasteiger partial charge < -0.3 is 10.6 Å². The third-order valence-electron chi connectivity index (χ3n) is 3.66. The molecular formula is C15H17Cl2FN4O. The zero-order valence-corrected chi connectivity index (χ0v) is 13.8.